The van der Waals surface area contributed by atoms with Crippen LogP contribution in [0.5, 0.6) is 5.75 Å². The molecule has 0 fully saturated rings. The van der Waals surface area contributed by atoms with Crippen molar-refractivity contribution in [3.05, 3.63) is 65.7 Å². The van der Waals surface area contributed by atoms with Gasteiger partial charge in [-0.25, -0.2) is 0 Å². The van der Waals surface area contributed by atoms with Crippen molar-refractivity contribution in [2.24, 2.45) is 0 Å². The molecular formula is C18H23NO2. The summed E-state index contributed by atoms with van der Waals surface area (Å²) in [5.74, 6) is 0.788. The zero-order chi connectivity index (χ0) is 15.1. The maximum absolute atomic E-state index is 9.97. The molecule has 2 N–H and O–H groups in total. The van der Waals surface area contributed by atoms with Gasteiger partial charge in [0, 0.05) is 12.6 Å². The third-order valence-corrected chi connectivity index (χ3v) is 3.42. The predicted molar refractivity (Wildman–Crippen MR) is 85.5 cm³/mol. The molecule has 2 aromatic rings. The predicted octanol–water partition coefficient (Wildman–Crippen LogP) is 3.09. The summed E-state index contributed by atoms with van der Waals surface area (Å²) in [7, 11) is 0. The van der Waals surface area contributed by atoms with E-state index in [1.165, 1.54) is 11.1 Å². The molecule has 0 bridgehead atoms. The zero-order valence-corrected chi connectivity index (χ0v) is 12.6. The molecule has 0 aliphatic carbocycles. The Labute approximate surface area is 126 Å². The quantitative estimate of drug-likeness (QED) is 0.821. The molecule has 0 aliphatic rings. The smallest absolute Gasteiger partial charge is 0.119 e. The Morgan fingerprint density at radius 3 is 2.38 bits per heavy atom. The minimum Gasteiger partial charge on any atom is -0.491 e. The van der Waals surface area contributed by atoms with Gasteiger partial charge in [0.25, 0.3) is 0 Å². The zero-order valence-electron chi connectivity index (χ0n) is 12.6. The standard InChI is InChI=1S/C18H23NO2/c1-14-8-10-18(11-9-14)21-13-17(20)12-19-15(2)16-6-4-3-5-7-16/h3-11,15,17,19-20H,12-13H2,1-2H3. The summed E-state index contributed by atoms with van der Waals surface area (Å²) in [5, 5.41) is 13.3. The normalized spacial score (nSPS) is 13.7. The Morgan fingerprint density at radius 1 is 1.05 bits per heavy atom. The van der Waals surface area contributed by atoms with Crippen LogP contribution in [0.3, 0.4) is 0 Å². The topological polar surface area (TPSA) is 41.5 Å². The Balaban J connectivity index is 1.72. The van der Waals surface area contributed by atoms with Crippen LogP contribution in [-0.2, 0) is 0 Å². The Bertz CT molecular complexity index is 525. The molecule has 2 aromatic carbocycles. The number of benzene rings is 2. The fourth-order valence-electron chi connectivity index (χ4n) is 2.06. The molecule has 0 radical (unpaired) electrons. The van der Waals surface area contributed by atoms with Crippen LogP contribution in [0, 0.1) is 6.92 Å². The maximum atomic E-state index is 9.97. The summed E-state index contributed by atoms with van der Waals surface area (Å²) in [6, 6.07) is 18.2. The van der Waals surface area contributed by atoms with Crippen molar-refractivity contribution < 1.29 is 9.84 Å². The summed E-state index contributed by atoms with van der Waals surface area (Å²) in [4.78, 5) is 0. The molecule has 0 spiro atoms. The number of hydrogen-bond donors (Lipinski definition) is 2. The molecule has 0 heterocycles. The molecule has 0 saturated heterocycles. The van der Waals surface area contributed by atoms with Gasteiger partial charge < -0.3 is 15.2 Å². The van der Waals surface area contributed by atoms with Gasteiger partial charge in [-0.05, 0) is 31.5 Å². The molecule has 0 amide bonds. The third-order valence-electron chi connectivity index (χ3n) is 3.42. The highest BCUT2D eigenvalue weighted by Gasteiger charge is 2.09. The molecule has 2 unspecified atom stereocenters. The van der Waals surface area contributed by atoms with E-state index >= 15 is 0 Å². The Kier molecular flexibility index (Phi) is 5.78. The van der Waals surface area contributed by atoms with Gasteiger partial charge in [0.15, 0.2) is 0 Å². The van der Waals surface area contributed by atoms with Crippen LogP contribution in [-0.4, -0.2) is 24.4 Å². The third kappa shape index (κ3) is 5.21. The van der Waals surface area contributed by atoms with Crippen LogP contribution >= 0.6 is 0 Å². The van der Waals surface area contributed by atoms with Gasteiger partial charge in [-0.15, -0.1) is 0 Å². The number of aliphatic hydroxyl groups excluding tert-OH is 1. The first kappa shape index (κ1) is 15.5. The minimum atomic E-state index is -0.530. The van der Waals surface area contributed by atoms with E-state index in [-0.39, 0.29) is 12.6 Å². The molecule has 0 aliphatic heterocycles. The van der Waals surface area contributed by atoms with Crippen molar-refractivity contribution in [2.45, 2.75) is 26.0 Å². The molecule has 3 heteroatoms. The van der Waals surface area contributed by atoms with Gasteiger partial charge in [0.2, 0.25) is 0 Å². The number of aliphatic hydroxyl groups is 1. The van der Waals surface area contributed by atoms with Crippen molar-refractivity contribution >= 4 is 0 Å². The second-order valence-corrected chi connectivity index (χ2v) is 5.32. The molecule has 0 saturated carbocycles. The fraction of sp³-hybridized carbons (Fsp3) is 0.333. The van der Waals surface area contributed by atoms with E-state index in [1.807, 2.05) is 49.4 Å². The van der Waals surface area contributed by atoms with Gasteiger partial charge >= 0.3 is 0 Å². The number of aryl methyl sites for hydroxylation is 1. The van der Waals surface area contributed by atoms with Crippen LogP contribution in [0.25, 0.3) is 0 Å². The van der Waals surface area contributed by atoms with E-state index in [0.29, 0.717) is 6.54 Å². The first-order valence-electron chi connectivity index (χ1n) is 7.31. The number of hydrogen-bond acceptors (Lipinski definition) is 3. The molecule has 3 nitrogen and oxygen atoms in total. The fourth-order valence-corrected chi connectivity index (χ4v) is 2.06. The number of rotatable bonds is 7. The van der Waals surface area contributed by atoms with E-state index in [0.717, 1.165) is 5.75 Å². The van der Waals surface area contributed by atoms with Crippen molar-refractivity contribution in [3.63, 3.8) is 0 Å². The van der Waals surface area contributed by atoms with Crippen LogP contribution < -0.4 is 10.1 Å². The van der Waals surface area contributed by atoms with E-state index in [1.54, 1.807) is 0 Å². The summed E-state index contributed by atoms with van der Waals surface area (Å²) >= 11 is 0. The van der Waals surface area contributed by atoms with E-state index in [9.17, 15) is 5.11 Å². The highest BCUT2D eigenvalue weighted by atomic mass is 16.5. The average molecular weight is 285 g/mol. The highest BCUT2D eigenvalue weighted by Crippen LogP contribution is 2.12. The van der Waals surface area contributed by atoms with Gasteiger partial charge in [-0.2, -0.15) is 0 Å². The molecule has 0 aromatic heterocycles. The maximum Gasteiger partial charge on any atom is 0.119 e. The largest absolute Gasteiger partial charge is 0.491 e. The highest BCUT2D eigenvalue weighted by molar-refractivity contribution is 5.26. The summed E-state index contributed by atoms with van der Waals surface area (Å²) in [6.45, 7) is 4.91. The summed E-state index contributed by atoms with van der Waals surface area (Å²) < 4.78 is 5.57. The van der Waals surface area contributed by atoms with Gasteiger partial charge in [0.1, 0.15) is 18.5 Å². The average Bonchev–Trinajstić information content (AvgIpc) is 2.53. The monoisotopic (exact) mass is 285 g/mol. The van der Waals surface area contributed by atoms with Crippen molar-refractivity contribution in [1.29, 1.82) is 0 Å². The first-order chi connectivity index (χ1) is 10.1. The van der Waals surface area contributed by atoms with Crippen LogP contribution in [0.4, 0.5) is 0 Å². The lowest BCUT2D eigenvalue weighted by Crippen LogP contribution is -2.33. The molecule has 112 valence electrons. The van der Waals surface area contributed by atoms with Crippen LogP contribution in [0.1, 0.15) is 24.1 Å². The van der Waals surface area contributed by atoms with Crippen molar-refractivity contribution in [3.8, 4) is 5.75 Å². The van der Waals surface area contributed by atoms with Gasteiger partial charge in [0.05, 0.1) is 0 Å². The lowest BCUT2D eigenvalue weighted by atomic mass is 10.1. The number of nitrogens with one attached hydrogen (secondary N) is 1. The lowest BCUT2D eigenvalue weighted by Gasteiger charge is -2.18. The second kappa shape index (κ2) is 7.81. The second-order valence-electron chi connectivity index (χ2n) is 5.32. The SMILES string of the molecule is Cc1ccc(OCC(O)CNC(C)c2ccccc2)cc1. The van der Waals surface area contributed by atoms with E-state index < -0.39 is 6.10 Å². The summed E-state index contributed by atoms with van der Waals surface area (Å²) in [6.07, 6.45) is -0.530. The number of ether oxygens (including phenoxy) is 1. The minimum absolute atomic E-state index is 0.209. The lowest BCUT2D eigenvalue weighted by molar-refractivity contribution is 0.104. The molecule has 2 atom stereocenters. The molecule has 2 rings (SSSR count). The van der Waals surface area contributed by atoms with Crippen LogP contribution in [0.15, 0.2) is 54.6 Å². The Hall–Kier alpha value is -1.84. The van der Waals surface area contributed by atoms with Gasteiger partial charge in [-0.3, -0.25) is 0 Å². The van der Waals surface area contributed by atoms with E-state index in [4.69, 9.17) is 4.74 Å². The Morgan fingerprint density at radius 2 is 1.71 bits per heavy atom. The molecule has 21 heavy (non-hydrogen) atoms. The van der Waals surface area contributed by atoms with Crippen molar-refractivity contribution in [2.75, 3.05) is 13.2 Å². The molecular weight excluding hydrogens is 262 g/mol. The summed E-state index contributed by atoms with van der Waals surface area (Å²) in [5.41, 5.74) is 2.41. The van der Waals surface area contributed by atoms with Gasteiger partial charge in [-0.1, -0.05) is 48.0 Å². The van der Waals surface area contributed by atoms with Crippen LogP contribution in [0.2, 0.25) is 0 Å². The van der Waals surface area contributed by atoms with Crippen molar-refractivity contribution in [1.82, 2.24) is 5.32 Å². The first-order valence-corrected chi connectivity index (χ1v) is 7.31. The van der Waals surface area contributed by atoms with E-state index in [2.05, 4.69) is 24.4 Å².